The van der Waals surface area contributed by atoms with Gasteiger partial charge in [0, 0.05) is 6.07 Å². The van der Waals surface area contributed by atoms with Crippen LogP contribution in [0.15, 0.2) is 11.1 Å². The summed E-state index contributed by atoms with van der Waals surface area (Å²) in [6.45, 7) is 2.05. The van der Waals surface area contributed by atoms with Gasteiger partial charge in [-0.05, 0) is 12.2 Å². The molecule has 0 bridgehead atoms. The van der Waals surface area contributed by atoms with Gasteiger partial charge in [0.15, 0.2) is 17.5 Å². The van der Waals surface area contributed by atoms with E-state index in [1.807, 2.05) is 6.92 Å². The number of rotatable bonds is 4. The molecule has 1 heterocycles. The topological polar surface area (TPSA) is 38.9 Å². The van der Waals surface area contributed by atoms with Crippen LogP contribution in [0, 0.1) is 11.6 Å². The van der Waals surface area contributed by atoms with Crippen molar-refractivity contribution >= 4 is 17.6 Å². The first-order chi connectivity index (χ1) is 6.65. The quantitative estimate of drug-likeness (QED) is 0.624. The van der Waals surface area contributed by atoms with Gasteiger partial charge in [-0.3, -0.25) is 0 Å². The molecule has 0 saturated carbocycles. The fourth-order valence-electron chi connectivity index (χ4n) is 0.878. The molecule has 78 valence electrons. The Hall–Kier alpha value is -0.840. The van der Waals surface area contributed by atoms with E-state index in [1.165, 1.54) is 11.8 Å². The summed E-state index contributed by atoms with van der Waals surface area (Å²) in [5.74, 6) is -0.920. The number of nitrogens with zero attached hydrogens (tertiary/aromatic N) is 1. The van der Waals surface area contributed by atoms with E-state index in [4.69, 9.17) is 5.73 Å². The van der Waals surface area contributed by atoms with Crippen molar-refractivity contribution < 1.29 is 8.78 Å². The number of thioether (sulfide) groups is 1. The predicted octanol–water partition coefficient (Wildman–Crippen LogP) is 2.83. The number of nitrogen functional groups attached to an aromatic ring is 1. The van der Waals surface area contributed by atoms with Gasteiger partial charge >= 0.3 is 0 Å². The van der Waals surface area contributed by atoms with Crippen molar-refractivity contribution in [1.29, 1.82) is 0 Å². The highest BCUT2D eigenvalue weighted by atomic mass is 32.2. The number of halogens is 2. The maximum atomic E-state index is 13.1. The minimum absolute atomic E-state index is 0.178. The molecule has 1 rings (SSSR count). The molecule has 2 N–H and O–H groups in total. The number of hydrogen-bond acceptors (Lipinski definition) is 3. The Labute approximate surface area is 85.9 Å². The molecule has 14 heavy (non-hydrogen) atoms. The van der Waals surface area contributed by atoms with Gasteiger partial charge in [-0.15, -0.1) is 11.8 Å². The number of aromatic nitrogens is 1. The van der Waals surface area contributed by atoms with E-state index in [1.54, 1.807) is 0 Å². The lowest BCUT2D eigenvalue weighted by atomic mass is 10.4. The van der Waals surface area contributed by atoms with Crippen LogP contribution >= 0.6 is 11.8 Å². The van der Waals surface area contributed by atoms with Gasteiger partial charge in [-0.2, -0.15) is 0 Å². The Bertz CT molecular complexity index is 318. The lowest BCUT2D eigenvalue weighted by molar-refractivity contribution is 0.552. The number of hydrogen-bond donors (Lipinski definition) is 1. The molecule has 0 unspecified atom stereocenters. The summed E-state index contributed by atoms with van der Waals surface area (Å²) in [6.07, 6.45) is 2.01. The Morgan fingerprint density at radius 2 is 2.14 bits per heavy atom. The highest BCUT2D eigenvalue weighted by molar-refractivity contribution is 7.99. The van der Waals surface area contributed by atoms with E-state index in [9.17, 15) is 8.78 Å². The molecule has 1 aromatic rings. The van der Waals surface area contributed by atoms with Crippen LogP contribution in [0.2, 0.25) is 0 Å². The molecule has 2 nitrogen and oxygen atoms in total. The van der Waals surface area contributed by atoms with E-state index < -0.39 is 11.6 Å². The molecular weight excluding hydrogens is 206 g/mol. The van der Waals surface area contributed by atoms with E-state index in [0.29, 0.717) is 0 Å². The van der Waals surface area contributed by atoms with Gasteiger partial charge < -0.3 is 5.73 Å². The molecule has 5 heteroatoms. The van der Waals surface area contributed by atoms with Crippen molar-refractivity contribution in [2.24, 2.45) is 0 Å². The minimum atomic E-state index is -0.803. The van der Waals surface area contributed by atoms with E-state index in [0.717, 1.165) is 24.7 Å². The Balaban J connectivity index is 2.72. The van der Waals surface area contributed by atoms with Crippen LogP contribution in [0.1, 0.15) is 19.8 Å². The maximum absolute atomic E-state index is 13.1. The molecule has 0 aromatic carbocycles. The summed E-state index contributed by atoms with van der Waals surface area (Å²) in [7, 11) is 0. The largest absolute Gasteiger partial charge is 0.381 e. The molecule has 0 saturated heterocycles. The molecule has 0 fully saturated rings. The molecule has 0 spiro atoms. The van der Waals surface area contributed by atoms with Crippen molar-refractivity contribution in [3.05, 3.63) is 17.7 Å². The third-order valence-electron chi connectivity index (χ3n) is 1.66. The zero-order valence-electron chi connectivity index (χ0n) is 7.89. The van der Waals surface area contributed by atoms with Gasteiger partial charge in [0.05, 0.1) is 0 Å². The van der Waals surface area contributed by atoms with E-state index >= 15 is 0 Å². The Morgan fingerprint density at radius 3 is 2.79 bits per heavy atom. The molecular formula is C9H12F2N2S. The minimum Gasteiger partial charge on any atom is -0.381 e. The second-order valence-electron chi connectivity index (χ2n) is 2.84. The second-order valence-corrected chi connectivity index (χ2v) is 3.93. The highest BCUT2D eigenvalue weighted by Crippen LogP contribution is 2.23. The summed E-state index contributed by atoms with van der Waals surface area (Å²) >= 11 is 1.26. The summed E-state index contributed by atoms with van der Waals surface area (Å²) < 4.78 is 25.8. The van der Waals surface area contributed by atoms with Crippen molar-refractivity contribution in [3.63, 3.8) is 0 Å². The predicted molar refractivity (Wildman–Crippen MR) is 54.2 cm³/mol. The fourth-order valence-corrected chi connectivity index (χ4v) is 1.86. The van der Waals surface area contributed by atoms with Crippen LogP contribution in [0.5, 0.6) is 0 Å². The SMILES string of the molecule is CCCCSc1nc(N)c(F)cc1F. The average molecular weight is 218 g/mol. The standard InChI is InChI=1S/C9H12F2N2S/c1-2-3-4-14-9-7(11)5-6(10)8(12)13-9/h5H,2-4H2,1H3,(H2,12,13). The third kappa shape index (κ3) is 2.83. The summed E-state index contributed by atoms with van der Waals surface area (Å²) in [4.78, 5) is 3.63. The van der Waals surface area contributed by atoms with Crippen LogP contribution < -0.4 is 5.73 Å². The molecule has 1 aromatic heterocycles. The molecule has 0 amide bonds. The lowest BCUT2D eigenvalue weighted by Crippen LogP contribution is -1.99. The van der Waals surface area contributed by atoms with Crippen LogP contribution in [-0.2, 0) is 0 Å². The number of nitrogens with two attached hydrogens (primary N) is 1. The molecule has 0 radical (unpaired) electrons. The van der Waals surface area contributed by atoms with Gasteiger partial charge in [-0.25, -0.2) is 13.8 Å². The van der Waals surface area contributed by atoms with Crippen molar-refractivity contribution in [3.8, 4) is 0 Å². The summed E-state index contributed by atoms with van der Waals surface area (Å²) in [6, 6.07) is 0.774. The maximum Gasteiger partial charge on any atom is 0.168 e. The zero-order valence-corrected chi connectivity index (χ0v) is 8.70. The van der Waals surface area contributed by atoms with E-state index in [-0.39, 0.29) is 10.8 Å². The third-order valence-corrected chi connectivity index (χ3v) is 2.71. The van der Waals surface area contributed by atoms with Gasteiger partial charge in [0.25, 0.3) is 0 Å². The smallest absolute Gasteiger partial charge is 0.168 e. The monoisotopic (exact) mass is 218 g/mol. The molecule has 0 aliphatic carbocycles. The summed E-state index contributed by atoms with van der Waals surface area (Å²) in [5.41, 5.74) is 5.23. The normalized spacial score (nSPS) is 10.5. The fraction of sp³-hybridized carbons (Fsp3) is 0.444. The van der Waals surface area contributed by atoms with Gasteiger partial charge in [0.1, 0.15) is 5.03 Å². The van der Waals surface area contributed by atoms with Crippen LogP contribution in [-0.4, -0.2) is 10.7 Å². The van der Waals surface area contributed by atoms with Gasteiger partial charge in [0.2, 0.25) is 0 Å². The van der Waals surface area contributed by atoms with Crippen molar-refractivity contribution in [2.45, 2.75) is 24.8 Å². The van der Waals surface area contributed by atoms with Gasteiger partial charge in [-0.1, -0.05) is 13.3 Å². The number of pyridine rings is 1. The first kappa shape index (κ1) is 11.2. The molecule has 0 atom stereocenters. The highest BCUT2D eigenvalue weighted by Gasteiger charge is 2.09. The first-order valence-corrected chi connectivity index (χ1v) is 5.38. The first-order valence-electron chi connectivity index (χ1n) is 4.39. The molecule has 0 aliphatic rings. The Kier molecular flexibility index (Phi) is 4.13. The Morgan fingerprint density at radius 1 is 1.43 bits per heavy atom. The average Bonchev–Trinajstić information content (AvgIpc) is 2.14. The van der Waals surface area contributed by atoms with Crippen LogP contribution in [0.25, 0.3) is 0 Å². The van der Waals surface area contributed by atoms with Crippen molar-refractivity contribution in [1.82, 2.24) is 4.98 Å². The lowest BCUT2D eigenvalue weighted by Gasteiger charge is -2.03. The van der Waals surface area contributed by atoms with Crippen molar-refractivity contribution in [2.75, 3.05) is 11.5 Å². The molecule has 0 aliphatic heterocycles. The second kappa shape index (κ2) is 5.14. The summed E-state index contributed by atoms with van der Waals surface area (Å²) in [5, 5.41) is 0.178. The van der Waals surface area contributed by atoms with Crippen LogP contribution in [0.3, 0.4) is 0 Å². The number of anilines is 1. The zero-order chi connectivity index (χ0) is 10.6. The van der Waals surface area contributed by atoms with Crippen LogP contribution in [0.4, 0.5) is 14.6 Å². The van der Waals surface area contributed by atoms with E-state index in [2.05, 4.69) is 4.98 Å². The number of unbranched alkanes of at least 4 members (excludes halogenated alkanes) is 1.